The highest BCUT2D eigenvalue weighted by Gasteiger charge is 2.31. The van der Waals surface area contributed by atoms with Gasteiger partial charge in [-0.1, -0.05) is 0 Å². The number of aromatic nitrogens is 1. The molecule has 0 bridgehead atoms. The fourth-order valence-corrected chi connectivity index (χ4v) is 3.89. The van der Waals surface area contributed by atoms with Gasteiger partial charge in [-0.3, -0.25) is 14.6 Å². The van der Waals surface area contributed by atoms with E-state index in [2.05, 4.69) is 10.3 Å². The normalized spacial score (nSPS) is 17.1. The van der Waals surface area contributed by atoms with E-state index in [1.54, 1.807) is 17.5 Å². The van der Waals surface area contributed by atoms with Crippen LogP contribution < -0.4 is 5.32 Å². The van der Waals surface area contributed by atoms with Gasteiger partial charge >= 0.3 is 0 Å². The number of rotatable bonds is 4. The lowest BCUT2D eigenvalue weighted by Crippen LogP contribution is -2.30. The van der Waals surface area contributed by atoms with Crippen molar-refractivity contribution in [1.29, 1.82) is 0 Å². The molecule has 2 aromatic rings. The van der Waals surface area contributed by atoms with Gasteiger partial charge in [0.1, 0.15) is 0 Å². The maximum atomic E-state index is 12.8. The van der Waals surface area contributed by atoms with Crippen LogP contribution >= 0.6 is 11.3 Å². The smallest absolute Gasteiger partial charge is 0.264 e. The molecule has 1 aliphatic heterocycles. The van der Waals surface area contributed by atoms with Gasteiger partial charge in [-0.15, -0.1) is 11.3 Å². The minimum Gasteiger partial charge on any atom is -0.351 e. The molecule has 1 aliphatic rings. The predicted octanol–water partition coefficient (Wildman–Crippen LogP) is 3.06. The second kappa shape index (κ2) is 7.13. The Balaban J connectivity index is 1.79. The number of thiophene rings is 1. The van der Waals surface area contributed by atoms with E-state index in [0.717, 1.165) is 40.4 Å². The number of amides is 2. The highest BCUT2D eigenvalue weighted by Crippen LogP contribution is 2.34. The molecule has 5 nitrogen and oxygen atoms in total. The molecule has 126 valence electrons. The Labute approximate surface area is 145 Å². The molecule has 1 fully saturated rings. The van der Waals surface area contributed by atoms with Gasteiger partial charge in [0.05, 0.1) is 23.2 Å². The number of likely N-dealkylation sites (tertiary alicyclic amines) is 1. The van der Waals surface area contributed by atoms with E-state index < -0.39 is 0 Å². The summed E-state index contributed by atoms with van der Waals surface area (Å²) in [5.74, 6) is 0.0313. The first-order valence-electron chi connectivity index (χ1n) is 8.11. The van der Waals surface area contributed by atoms with E-state index in [9.17, 15) is 9.59 Å². The summed E-state index contributed by atoms with van der Waals surface area (Å²) < 4.78 is 0. The highest BCUT2D eigenvalue weighted by molar-refractivity contribution is 7.13. The quantitative estimate of drug-likeness (QED) is 0.928. The molecule has 3 rings (SSSR count). The first kappa shape index (κ1) is 16.6. The number of carbonyl (C=O) groups is 2. The summed E-state index contributed by atoms with van der Waals surface area (Å²) >= 11 is 1.54. The first-order valence-corrected chi connectivity index (χ1v) is 8.93. The molecule has 0 saturated carbocycles. The van der Waals surface area contributed by atoms with Crippen molar-refractivity contribution in [2.45, 2.75) is 39.3 Å². The number of hydrogen-bond acceptors (Lipinski definition) is 4. The fraction of sp³-hybridized carbons (Fsp3) is 0.389. The number of pyridine rings is 1. The largest absolute Gasteiger partial charge is 0.351 e. The molecule has 6 heteroatoms. The molecule has 3 heterocycles. The van der Waals surface area contributed by atoms with Crippen molar-refractivity contribution in [2.75, 3.05) is 6.54 Å². The predicted molar refractivity (Wildman–Crippen MR) is 93.8 cm³/mol. The van der Waals surface area contributed by atoms with Gasteiger partial charge in [0.2, 0.25) is 5.91 Å². The Morgan fingerprint density at radius 1 is 1.38 bits per heavy atom. The summed E-state index contributed by atoms with van der Waals surface area (Å²) in [5.41, 5.74) is 1.90. The molecule has 0 radical (unpaired) electrons. The number of nitrogens with one attached hydrogen (secondary N) is 1. The van der Waals surface area contributed by atoms with Gasteiger partial charge in [0, 0.05) is 24.5 Å². The Hall–Kier alpha value is -2.21. The van der Waals surface area contributed by atoms with Gasteiger partial charge < -0.3 is 10.2 Å². The highest BCUT2D eigenvalue weighted by atomic mass is 32.1. The molecule has 2 amide bonds. The Morgan fingerprint density at radius 2 is 2.21 bits per heavy atom. The van der Waals surface area contributed by atoms with Gasteiger partial charge in [-0.05, 0) is 49.6 Å². The van der Waals surface area contributed by atoms with Crippen LogP contribution in [-0.4, -0.2) is 28.2 Å². The third-order valence-corrected chi connectivity index (χ3v) is 5.20. The van der Waals surface area contributed by atoms with Crippen molar-refractivity contribution in [3.05, 3.63) is 51.5 Å². The molecule has 1 unspecified atom stereocenters. The van der Waals surface area contributed by atoms with Gasteiger partial charge in [0.25, 0.3) is 5.91 Å². The third-order valence-electron chi connectivity index (χ3n) is 4.21. The minimum absolute atomic E-state index is 0.0760. The summed E-state index contributed by atoms with van der Waals surface area (Å²) in [6, 6.07) is 7.94. The van der Waals surface area contributed by atoms with Crippen molar-refractivity contribution in [3.63, 3.8) is 0 Å². The van der Waals surface area contributed by atoms with E-state index in [1.165, 1.54) is 6.92 Å². The molecular weight excluding hydrogens is 322 g/mol. The third kappa shape index (κ3) is 3.64. The van der Waals surface area contributed by atoms with Crippen LogP contribution in [0, 0.1) is 6.92 Å². The van der Waals surface area contributed by atoms with Crippen molar-refractivity contribution < 1.29 is 9.59 Å². The Bertz CT molecular complexity index is 756. The minimum atomic E-state index is -0.0760. The monoisotopic (exact) mass is 343 g/mol. The number of hydrogen-bond donors (Lipinski definition) is 1. The van der Waals surface area contributed by atoms with Crippen molar-refractivity contribution in [2.24, 2.45) is 0 Å². The van der Waals surface area contributed by atoms with Gasteiger partial charge in [-0.2, -0.15) is 0 Å². The summed E-state index contributed by atoms with van der Waals surface area (Å²) in [6.07, 6.45) is 3.71. The Kier molecular flexibility index (Phi) is 4.94. The number of aryl methyl sites for hydroxylation is 1. The molecule has 24 heavy (non-hydrogen) atoms. The maximum Gasteiger partial charge on any atom is 0.264 e. The summed E-state index contributed by atoms with van der Waals surface area (Å²) in [4.78, 5) is 32.1. The maximum absolute atomic E-state index is 12.8. The zero-order valence-electron chi connectivity index (χ0n) is 13.9. The SMILES string of the molecule is CC(=O)NCc1cc(C2CCCN2C(=O)c2ccc(C)s2)ccn1. The number of nitrogens with zero attached hydrogens (tertiary/aromatic N) is 2. The van der Waals surface area contributed by atoms with E-state index in [1.807, 2.05) is 36.1 Å². The lowest BCUT2D eigenvalue weighted by Gasteiger charge is -2.25. The first-order chi connectivity index (χ1) is 11.5. The summed E-state index contributed by atoms with van der Waals surface area (Å²) in [6.45, 7) is 4.70. The van der Waals surface area contributed by atoms with Crippen LogP contribution in [0.1, 0.15) is 51.6 Å². The molecule has 0 spiro atoms. The van der Waals surface area contributed by atoms with Crippen LogP contribution in [0.5, 0.6) is 0 Å². The fourth-order valence-electron chi connectivity index (χ4n) is 3.06. The lowest BCUT2D eigenvalue weighted by atomic mass is 10.0. The van der Waals surface area contributed by atoms with Crippen LogP contribution in [-0.2, 0) is 11.3 Å². The lowest BCUT2D eigenvalue weighted by molar-refractivity contribution is -0.119. The van der Waals surface area contributed by atoms with E-state index >= 15 is 0 Å². The van der Waals surface area contributed by atoms with E-state index in [-0.39, 0.29) is 17.9 Å². The number of carbonyl (C=O) groups excluding carboxylic acids is 2. The van der Waals surface area contributed by atoms with Crippen LogP contribution in [0.4, 0.5) is 0 Å². The summed E-state index contributed by atoms with van der Waals surface area (Å²) in [5, 5.41) is 2.76. The van der Waals surface area contributed by atoms with E-state index in [4.69, 9.17) is 0 Å². The van der Waals surface area contributed by atoms with Gasteiger partial charge in [-0.25, -0.2) is 0 Å². The summed E-state index contributed by atoms with van der Waals surface area (Å²) in [7, 11) is 0. The topological polar surface area (TPSA) is 62.3 Å². The molecule has 1 N–H and O–H groups in total. The van der Waals surface area contributed by atoms with Gasteiger partial charge in [0.15, 0.2) is 0 Å². The van der Waals surface area contributed by atoms with Crippen molar-refractivity contribution in [1.82, 2.24) is 15.2 Å². The molecule has 0 aliphatic carbocycles. The molecule has 2 aromatic heterocycles. The zero-order chi connectivity index (χ0) is 17.1. The molecular formula is C18H21N3O2S. The zero-order valence-corrected chi connectivity index (χ0v) is 14.7. The molecule has 0 aromatic carbocycles. The second-order valence-corrected chi connectivity index (χ2v) is 7.35. The van der Waals surface area contributed by atoms with Crippen LogP contribution in [0.15, 0.2) is 30.5 Å². The van der Waals surface area contributed by atoms with Crippen molar-refractivity contribution in [3.8, 4) is 0 Å². The van der Waals surface area contributed by atoms with Crippen LogP contribution in [0.3, 0.4) is 0 Å². The van der Waals surface area contributed by atoms with Crippen LogP contribution in [0.2, 0.25) is 0 Å². The van der Waals surface area contributed by atoms with Crippen LogP contribution in [0.25, 0.3) is 0 Å². The Morgan fingerprint density at radius 3 is 2.92 bits per heavy atom. The van der Waals surface area contributed by atoms with E-state index in [0.29, 0.717) is 6.54 Å². The molecule has 1 saturated heterocycles. The molecule has 1 atom stereocenters. The van der Waals surface area contributed by atoms with Crippen molar-refractivity contribution >= 4 is 23.2 Å². The standard InChI is InChI=1S/C18H21N3O2S/c1-12-5-6-17(24-12)18(23)21-9-3-4-16(21)14-7-8-19-15(10-14)11-20-13(2)22/h5-8,10,16H,3-4,9,11H2,1-2H3,(H,20,22). The average molecular weight is 343 g/mol. The second-order valence-electron chi connectivity index (χ2n) is 6.06. The average Bonchev–Trinajstić information content (AvgIpc) is 3.21.